The van der Waals surface area contributed by atoms with Crippen LogP contribution in [-0.4, -0.2) is 35.4 Å². The highest BCUT2D eigenvalue weighted by atomic mass is 79.9. The van der Waals surface area contributed by atoms with Crippen molar-refractivity contribution in [3.63, 3.8) is 0 Å². The summed E-state index contributed by atoms with van der Waals surface area (Å²) in [5, 5.41) is 0.901. The first-order valence-electron chi connectivity index (χ1n) is 9.28. The van der Waals surface area contributed by atoms with Crippen LogP contribution < -0.4 is 0 Å². The smallest absolute Gasteiger partial charge is 0.243 e. The number of hydrogen-bond acceptors (Lipinski definition) is 4. The van der Waals surface area contributed by atoms with Gasteiger partial charge in [-0.2, -0.15) is 4.31 Å². The summed E-state index contributed by atoms with van der Waals surface area (Å²) >= 11 is 5.12. The highest BCUT2D eigenvalue weighted by Gasteiger charge is 2.23. The van der Waals surface area contributed by atoms with Crippen LogP contribution >= 0.6 is 27.7 Å². The Hall–Kier alpha value is -1.35. The van der Waals surface area contributed by atoms with Crippen molar-refractivity contribution in [1.82, 2.24) is 13.9 Å². The molecular weight excluding hydrogens is 458 g/mol. The van der Waals surface area contributed by atoms with Crippen molar-refractivity contribution in [3.05, 3.63) is 52.5 Å². The van der Waals surface area contributed by atoms with Gasteiger partial charge in [0.05, 0.1) is 15.9 Å². The summed E-state index contributed by atoms with van der Waals surface area (Å²) in [5.41, 5.74) is 2.89. The van der Waals surface area contributed by atoms with Crippen molar-refractivity contribution in [3.8, 4) is 0 Å². The third-order valence-corrected chi connectivity index (χ3v) is 8.25. The van der Waals surface area contributed by atoms with E-state index in [9.17, 15) is 8.42 Å². The van der Waals surface area contributed by atoms with Crippen LogP contribution in [0.15, 0.2) is 57.0 Å². The zero-order valence-electron chi connectivity index (χ0n) is 16.2. The van der Waals surface area contributed by atoms with E-state index in [4.69, 9.17) is 4.98 Å². The zero-order chi connectivity index (χ0) is 20.3. The molecule has 8 heteroatoms. The van der Waals surface area contributed by atoms with E-state index in [-0.39, 0.29) is 0 Å². The van der Waals surface area contributed by atoms with Gasteiger partial charge >= 0.3 is 0 Å². The molecule has 5 nitrogen and oxygen atoms in total. The van der Waals surface area contributed by atoms with Crippen molar-refractivity contribution in [2.45, 2.75) is 43.1 Å². The van der Waals surface area contributed by atoms with Gasteiger partial charge in [-0.1, -0.05) is 53.7 Å². The summed E-state index contributed by atoms with van der Waals surface area (Å²) in [6, 6.07) is 13.5. The fourth-order valence-electron chi connectivity index (χ4n) is 3.10. The van der Waals surface area contributed by atoms with Crippen molar-refractivity contribution < 1.29 is 8.42 Å². The van der Waals surface area contributed by atoms with Gasteiger partial charge in [-0.05, 0) is 42.8 Å². The lowest BCUT2D eigenvalue weighted by Gasteiger charge is -2.18. The van der Waals surface area contributed by atoms with Crippen molar-refractivity contribution in [1.29, 1.82) is 0 Å². The Kier molecular flexibility index (Phi) is 6.85. The number of fused-ring (bicyclic) bond motifs is 1. The highest BCUT2D eigenvalue weighted by Crippen LogP contribution is 2.29. The number of nitrogens with zero attached hydrogens (tertiary/aromatic N) is 3. The van der Waals surface area contributed by atoms with Crippen LogP contribution in [0.5, 0.6) is 0 Å². The summed E-state index contributed by atoms with van der Waals surface area (Å²) in [5.74, 6) is 0.807. The second kappa shape index (κ2) is 8.98. The minimum absolute atomic E-state index is 0.300. The molecule has 0 unspecified atom stereocenters. The number of hydrogen-bond donors (Lipinski definition) is 0. The van der Waals surface area contributed by atoms with E-state index in [1.54, 1.807) is 23.9 Å². The third kappa shape index (κ3) is 4.30. The summed E-state index contributed by atoms with van der Waals surface area (Å²) in [7, 11) is -3.49. The van der Waals surface area contributed by atoms with Crippen LogP contribution in [0.2, 0.25) is 0 Å². The molecule has 0 N–H and O–H groups in total. The van der Waals surface area contributed by atoms with Gasteiger partial charge in [0.15, 0.2) is 5.16 Å². The lowest BCUT2D eigenvalue weighted by atomic mass is 10.2. The molecule has 0 radical (unpaired) electrons. The van der Waals surface area contributed by atoms with Crippen LogP contribution in [0.25, 0.3) is 11.0 Å². The summed E-state index contributed by atoms with van der Waals surface area (Å²) in [6.07, 6.45) is 0. The molecule has 0 spiro atoms. The van der Waals surface area contributed by atoms with Gasteiger partial charge in [0.2, 0.25) is 10.0 Å². The molecule has 0 saturated carbocycles. The minimum atomic E-state index is -3.49. The first-order chi connectivity index (χ1) is 13.4. The normalized spacial score (nSPS) is 12.2. The second-order valence-corrected chi connectivity index (χ2v) is 10.1. The molecule has 0 bridgehead atoms. The van der Waals surface area contributed by atoms with Gasteiger partial charge in [0, 0.05) is 29.9 Å². The molecule has 3 rings (SSSR count). The minimum Gasteiger partial charge on any atom is -0.319 e. The molecule has 0 amide bonds. The van der Waals surface area contributed by atoms with Crippen LogP contribution in [0.1, 0.15) is 26.3 Å². The quantitative estimate of drug-likeness (QED) is 0.417. The molecule has 1 heterocycles. The molecule has 0 saturated heterocycles. The Balaban J connectivity index is 1.93. The number of benzene rings is 2. The molecule has 2 aromatic carbocycles. The largest absolute Gasteiger partial charge is 0.319 e. The van der Waals surface area contributed by atoms with Crippen molar-refractivity contribution in [2.24, 2.45) is 0 Å². The first kappa shape index (κ1) is 21.4. The van der Waals surface area contributed by atoms with Crippen LogP contribution in [-0.2, 0) is 22.3 Å². The Morgan fingerprint density at radius 1 is 1.07 bits per heavy atom. The molecule has 28 heavy (non-hydrogen) atoms. The van der Waals surface area contributed by atoms with E-state index in [2.05, 4.69) is 39.6 Å². The van der Waals surface area contributed by atoms with Crippen LogP contribution in [0, 0.1) is 0 Å². The van der Waals surface area contributed by atoms with Gasteiger partial charge in [-0.15, -0.1) is 0 Å². The lowest BCUT2D eigenvalue weighted by molar-refractivity contribution is 0.445. The van der Waals surface area contributed by atoms with Crippen molar-refractivity contribution in [2.75, 3.05) is 13.1 Å². The van der Waals surface area contributed by atoms with Gasteiger partial charge in [0.25, 0.3) is 0 Å². The number of rotatable bonds is 8. The average Bonchev–Trinajstić information content (AvgIpc) is 3.05. The maximum absolute atomic E-state index is 12.8. The Bertz CT molecular complexity index is 1060. The van der Waals surface area contributed by atoms with Gasteiger partial charge < -0.3 is 4.57 Å². The van der Waals surface area contributed by atoms with Crippen LogP contribution in [0.4, 0.5) is 0 Å². The van der Waals surface area contributed by atoms with E-state index in [0.717, 1.165) is 27.4 Å². The van der Waals surface area contributed by atoms with E-state index in [1.165, 1.54) is 9.87 Å². The average molecular weight is 482 g/mol. The fraction of sp³-hybridized carbons (Fsp3) is 0.350. The van der Waals surface area contributed by atoms with E-state index < -0.39 is 10.0 Å². The van der Waals surface area contributed by atoms with Gasteiger partial charge in [0.1, 0.15) is 0 Å². The zero-order valence-corrected chi connectivity index (χ0v) is 19.4. The first-order valence-corrected chi connectivity index (χ1v) is 12.5. The molecule has 0 aliphatic rings. The SMILES string of the molecule is CCN(CC)S(=O)(=O)c1ccc2c(c1)nc(SCc1ccc(Br)cc1)n2CC. The van der Waals surface area contributed by atoms with Crippen molar-refractivity contribution >= 4 is 48.7 Å². The second-order valence-electron chi connectivity index (χ2n) is 6.29. The Morgan fingerprint density at radius 3 is 2.36 bits per heavy atom. The monoisotopic (exact) mass is 481 g/mol. The summed E-state index contributed by atoms with van der Waals surface area (Å²) in [6.45, 7) is 7.46. The third-order valence-electron chi connectivity index (χ3n) is 4.63. The van der Waals surface area contributed by atoms with E-state index in [1.807, 2.05) is 32.0 Å². The maximum atomic E-state index is 12.8. The number of thioether (sulfide) groups is 1. The number of aryl methyl sites for hydroxylation is 1. The number of halogens is 1. The molecule has 0 aliphatic heterocycles. The summed E-state index contributed by atoms with van der Waals surface area (Å²) < 4.78 is 30.3. The predicted octanol–water partition coefficient (Wildman–Crippen LogP) is 5.14. The van der Waals surface area contributed by atoms with E-state index in [0.29, 0.717) is 23.5 Å². The topological polar surface area (TPSA) is 55.2 Å². The number of aromatic nitrogens is 2. The lowest BCUT2D eigenvalue weighted by Crippen LogP contribution is -2.30. The fourth-order valence-corrected chi connectivity index (χ4v) is 5.88. The Labute approximate surface area is 179 Å². The van der Waals surface area contributed by atoms with E-state index >= 15 is 0 Å². The summed E-state index contributed by atoms with van der Waals surface area (Å²) in [4.78, 5) is 5.03. The molecular formula is C20H24BrN3O2S2. The molecule has 0 aliphatic carbocycles. The maximum Gasteiger partial charge on any atom is 0.243 e. The van der Waals surface area contributed by atoms with Gasteiger partial charge in [-0.3, -0.25) is 0 Å². The molecule has 1 aromatic heterocycles. The van der Waals surface area contributed by atoms with Gasteiger partial charge in [-0.25, -0.2) is 13.4 Å². The highest BCUT2D eigenvalue weighted by molar-refractivity contribution is 9.10. The molecule has 0 fully saturated rings. The standard InChI is InChI=1S/C20H24BrN3O2S2/c1-4-23(5-2)28(25,26)17-11-12-19-18(13-17)22-20(24(19)6-3)27-14-15-7-9-16(21)10-8-15/h7-13H,4-6,14H2,1-3H3. The number of sulfonamides is 1. The molecule has 3 aromatic rings. The predicted molar refractivity (Wildman–Crippen MR) is 119 cm³/mol. The molecule has 150 valence electrons. The Morgan fingerprint density at radius 2 is 1.75 bits per heavy atom. The number of imidazole rings is 1. The van der Waals surface area contributed by atoms with Crippen LogP contribution in [0.3, 0.4) is 0 Å². The molecule has 0 atom stereocenters.